The van der Waals surface area contributed by atoms with Gasteiger partial charge in [-0.2, -0.15) is 5.26 Å². The second kappa shape index (κ2) is 7.10. The maximum atomic E-state index is 12.4. The third kappa shape index (κ3) is 3.46. The zero-order chi connectivity index (χ0) is 16.1. The SMILES string of the molecule is CCOC(=O)C1CC/C(=C(\C#N)C(=O)c2ccc(Cl)cc2)N1. The van der Waals surface area contributed by atoms with Crippen molar-refractivity contribution in [3.8, 4) is 6.07 Å². The van der Waals surface area contributed by atoms with Gasteiger partial charge >= 0.3 is 5.97 Å². The largest absolute Gasteiger partial charge is 0.464 e. The average molecular weight is 319 g/mol. The summed E-state index contributed by atoms with van der Waals surface area (Å²) in [4.78, 5) is 24.1. The summed E-state index contributed by atoms with van der Waals surface area (Å²) in [6.45, 7) is 2.03. The number of hydrogen-bond acceptors (Lipinski definition) is 5. The van der Waals surface area contributed by atoms with Crippen LogP contribution in [0.3, 0.4) is 0 Å². The predicted molar refractivity (Wildman–Crippen MR) is 81.2 cm³/mol. The Morgan fingerprint density at radius 2 is 2.09 bits per heavy atom. The van der Waals surface area contributed by atoms with Gasteiger partial charge in [-0.3, -0.25) is 4.79 Å². The summed E-state index contributed by atoms with van der Waals surface area (Å²) in [6.07, 6.45) is 0.971. The van der Waals surface area contributed by atoms with Crippen molar-refractivity contribution in [2.24, 2.45) is 0 Å². The number of carbonyl (C=O) groups excluding carboxylic acids is 2. The number of rotatable bonds is 4. The monoisotopic (exact) mass is 318 g/mol. The van der Waals surface area contributed by atoms with E-state index in [-0.39, 0.29) is 17.3 Å². The number of Topliss-reactive ketones (excluding diaryl/α,β-unsaturated/α-hetero) is 1. The van der Waals surface area contributed by atoms with Crippen LogP contribution in [-0.2, 0) is 9.53 Å². The summed E-state index contributed by atoms with van der Waals surface area (Å²) >= 11 is 5.79. The molecule has 0 saturated carbocycles. The topological polar surface area (TPSA) is 79.2 Å². The summed E-state index contributed by atoms with van der Waals surface area (Å²) in [5.41, 5.74) is 0.893. The number of nitrogens with zero attached hydrogens (tertiary/aromatic N) is 1. The fourth-order valence-corrected chi connectivity index (χ4v) is 2.39. The molecule has 1 saturated heterocycles. The van der Waals surface area contributed by atoms with Crippen LogP contribution in [0.15, 0.2) is 35.5 Å². The first-order valence-electron chi connectivity index (χ1n) is 6.93. The molecule has 22 heavy (non-hydrogen) atoms. The minimum Gasteiger partial charge on any atom is -0.464 e. The summed E-state index contributed by atoms with van der Waals surface area (Å²) in [5.74, 6) is -0.750. The van der Waals surface area contributed by atoms with E-state index in [1.165, 1.54) is 0 Å². The minimum absolute atomic E-state index is 0.0223. The number of ether oxygens (including phenoxy) is 1. The van der Waals surface area contributed by atoms with Gasteiger partial charge in [-0.25, -0.2) is 4.79 Å². The van der Waals surface area contributed by atoms with Gasteiger partial charge < -0.3 is 10.1 Å². The summed E-state index contributed by atoms with van der Waals surface area (Å²) in [7, 11) is 0. The number of benzene rings is 1. The molecule has 6 heteroatoms. The maximum Gasteiger partial charge on any atom is 0.328 e. The molecule has 1 heterocycles. The third-order valence-corrected chi connectivity index (χ3v) is 3.60. The molecule has 1 aromatic rings. The summed E-state index contributed by atoms with van der Waals surface area (Å²) < 4.78 is 4.94. The van der Waals surface area contributed by atoms with Gasteiger partial charge in [0, 0.05) is 16.3 Å². The molecule has 1 N–H and O–H groups in total. The van der Waals surface area contributed by atoms with Crippen LogP contribution in [0.1, 0.15) is 30.1 Å². The fourth-order valence-electron chi connectivity index (χ4n) is 2.26. The highest BCUT2D eigenvalue weighted by Crippen LogP contribution is 2.22. The van der Waals surface area contributed by atoms with Gasteiger partial charge in [0.1, 0.15) is 17.7 Å². The number of nitriles is 1. The first-order chi connectivity index (χ1) is 10.6. The normalized spacial score (nSPS) is 19.0. The van der Waals surface area contributed by atoms with E-state index in [9.17, 15) is 14.9 Å². The molecule has 0 spiro atoms. The van der Waals surface area contributed by atoms with Crippen molar-refractivity contribution in [2.45, 2.75) is 25.8 Å². The lowest BCUT2D eigenvalue weighted by Gasteiger charge is -2.10. The highest BCUT2D eigenvalue weighted by molar-refractivity contribution is 6.30. The molecule has 1 aromatic carbocycles. The lowest BCUT2D eigenvalue weighted by atomic mass is 10.0. The molecule has 5 nitrogen and oxygen atoms in total. The van der Waals surface area contributed by atoms with Crippen LogP contribution in [0.2, 0.25) is 5.02 Å². The first-order valence-corrected chi connectivity index (χ1v) is 7.31. The Morgan fingerprint density at radius 3 is 2.68 bits per heavy atom. The van der Waals surface area contributed by atoms with Crippen molar-refractivity contribution >= 4 is 23.4 Å². The molecule has 1 aliphatic rings. The lowest BCUT2D eigenvalue weighted by Crippen LogP contribution is -2.32. The number of allylic oxidation sites excluding steroid dienone is 2. The Balaban J connectivity index is 2.21. The van der Waals surface area contributed by atoms with E-state index < -0.39 is 6.04 Å². The number of esters is 1. The van der Waals surface area contributed by atoms with E-state index in [0.29, 0.717) is 35.7 Å². The zero-order valence-corrected chi connectivity index (χ0v) is 12.8. The van der Waals surface area contributed by atoms with E-state index in [2.05, 4.69) is 5.32 Å². The first kappa shape index (κ1) is 16.1. The van der Waals surface area contributed by atoms with Crippen LogP contribution in [0.5, 0.6) is 0 Å². The Hall–Kier alpha value is -2.32. The van der Waals surface area contributed by atoms with E-state index in [0.717, 1.165) is 0 Å². The van der Waals surface area contributed by atoms with Gasteiger partial charge in [-0.05, 0) is 44.0 Å². The smallest absolute Gasteiger partial charge is 0.328 e. The highest BCUT2D eigenvalue weighted by Gasteiger charge is 2.30. The summed E-state index contributed by atoms with van der Waals surface area (Å²) in [6, 6.07) is 7.76. The van der Waals surface area contributed by atoms with Crippen LogP contribution < -0.4 is 5.32 Å². The number of ketones is 1. The molecule has 0 bridgehead atoms. The number of hydrogen-bond donors (Lipinski definition) is 1. The molecule has 0 aliphatic carbocycles. The molecule has 1 unspecified atom stereocenters. The molecule has 2 rings (SSSR count). The van der Waals surface area contributed by atoms with Crippen molar-refractivity contribution in [1.29, 1.82) is 5.26 Å². The van der Waals surface area contributed by atoms with Crippen molar-refractivity contribution in [3.05, 3.63) is 46.1 Å². The molecule has 0 amide bonds. The van der Waals surface area contributed by atoms with Gasteiger partial charge in [0.25, 0.3) is 0 Å². The third-order valence-electron chi connectivity index (χ3n) is 3.35. The van der Waals surface area contributed by atoms with Gasteiger partial charge in [0.05, 0.1) is 6.61 Å². The summed E-state index contributed by atoms with van der Waals surface area (Å²) in [5, 5.41) is 12.7. The predicted octanol–water partition coefficient (Wildman–Crippen LogP) is 2.62. The molecule has 1 atom stereocenters. The van der Waals surface area contributed by atoms with Gasteiger partial charge in [-0.15, -0.1) is 0 Å². The van der Waals surface area contributed by atoms with E-state index in [1.54, 1.807) is 31.2 Å². The van der Waals surface area contributed by atoms with Crippen molar-refractivity contribution < 1.29 is 14.3 Å². The van der Waals surface area contributed by atoms with Crippen molar-refractivity contribution in [1.82, 2.24) is 5.32 Å². The minimum atomic E-state index is -0.503. The second-order valence-corrected chi connectivity index (χ2v) is 5.23. The Labute approximate surface area is 133 Å². The van der Waals surface area contributed by atoms with Gasteiger partial charge in [-0.1, -0.05) is 11.6 Å². The van der Waals surface area contributed by atoms with Crippen LogP contribution >= 0.6 is 11.6 Å². The Morgan fingerprint density at radius 1 is 1.41 bits per heavy atom. The van der Waals surface area contributed by atoms with Gasteiger partial charge in [0.15, 0.2) is 0 Å². The molecule has 114 valence electrons. The Kier molecular flexibility index (Phi) is 5.18. The molecular weight excluding hydrogens is 304 g/mol. The molecule has 0 radical (unpaired) electrons. The quantitative estimate of drug-likeness (QED) is 0.399. The van der Waals surface area contributed by atoms with Crippen LogP contribution in [0.4, 0.5) is 0 Å². The van der Waals surface area contributed by atoms with Crippen LogP contribution in [0.25, 0.3) is 0 Å². The molecule has 0 aromatic heterocycles. The fraction of sp³-hybridized carbons (Fsp3) is 0.312. The molecule has 1 fully saturated rings. The molecular formula is C16H15ClN2O3. The number of nitrogens with one attached hydrogen (secondary N) is 1. The van der Waals surface area contributed by atoms with Crippen molar-refractivity contribution in [2.75, 3.05) is 6.61 Å². The van der Waals surface area contributed by atoms with E-state index in [1.807, 2.05) is 6.07 Å². The Bertz CT molecular complexity index is 659. The maximum absolute atomic E-state index is 12.4. The lowest BCUT2D eigenvalue weighted by molar-refractivity contribution is -0.145. The number of halogens is 1. The standard InChI is InChI=1S/C16H15ClN2O3/c1-2-22-16(21)14-8-7-13(19-14)12(9-18)15(20)10-3-5-11(17)6-4-10/h3-6,14,19H,2,7-8H2,1H3/b13-12-. The van der Waals surface area contributed by atoms with Gasteiger partial charge in [0.2, 0.25) is 5.78 Å². The second-order valence-electron chi connectivity index (χ2n) is 4.79. The zero-order valence-electron chi connectivity index (χ0n) is 12.1. The van der Waals surface area contributed by atoms with E-state index >= 15 is 0 Å². The van der Waals surface area contributed by atoms with Crippen LogP contribution in [0, 0.1) is 11.3 Å². The number of carbonyl (C=O) groups is 2. The van der Waals surface area contributed by atoms with Crippen molar-refractivity contribution in [3.63, 3.8) is 0 Å². The van der Waals surface area contributed by atoms with E-state index in [4.69, 9.17) is 16.3 Å². The van der Waals surface area contributed by atoms with Crippen LogP contribution in [-0.4, -0.2) is 24.4 Å². The average Bonchev–Trinajstić information content (AvgIpc) is 2.98. The highest BCUT2D eigenvalue weighted by atomic mass is 35.5. The molecule has 1 aliphatic heterocycles.